The Labute approximate surface area is 110 Å². The normalized spacial score (nSPS) is 18.3. The van der Waals surface area contributed by atoms with Crippen molar-refractivity contribution < 1.29 is 0 Å². The van der Waals surface area contributed by atoms with Crippen molar-refractivity contribution in [3.05, 3.63) is 18.0 Å². The number of rotatable bonds is 6. The van der Waals surface area contributed by atoms with E-state index in [1.807, 2.05) is 10.9 Å². The minimum absolute atomic E-state index is 0.703. The summed E-state index contributed by atoms with van der Waals surface area (Å²) in [5.74, 6) is 0. The largest absolute Gasteiger partial charge is 0.312 e. The maximum Gasteiger partial charge on any atom is 0.0534 e. The highest BCUT2D eigenvalue weighted by Gasteiger charge is 2.17. The molecule has 18 heavy (non-hydrogen) atoms. The Morgan fingerprint density at radius 3 is 2.72 bits per heavy atom. The van der Waals surface area contributed by atoms with Crippen LogP contribution in [-0.2, 0) is 6.54 Å². The van der Waals surface area contributed by atoms with E-state index in [0.29, 0.717) is 6.04 Å². The molecule has 0 aliphatic carbocycles. The Morgan fingerprint density at radius 1 is 1.33 bits per heavy atom. The quantitative estimate of drug-likeness (QED) is 0.833. The summed E-state index contributed by atoms with van der Waals surface area (Å²) in [4.78, 5) is 2.58. The molecule has 0 bridgehead atoms. The van der Waals surface area contributed by atoms with Crippen LogP contribution >= 0.6 is 0 Å². The Morgan fingerprint density at radius 2 is 2.11 bits per heavy atom. The first-order valence-corrected chi connectivity index (χ1v) is 7.22. The smallest absolute Gasteiger partial charge is 0.0534 e. The summed E-state index contributed by atoms with van der Waals surface area (Å²) in [5.41, 5.74) is 1.24. The third-order valence-corrected chi connectivity index (χ3v) is 3.66. The van der Waals surface area contributed by atoms with E-state index in [-0.39, 0.29) is 0 Å². The molecule has 0 aromatic carbocycles. The zero-order valence-corrected chi connectivity index (χ0v) is 11.7. The molecule has 0 unspecified atom stereocenters. The number of nitrogens with zero attached hydrogens (tertiary/aromatic N) is 3. The first-order chi connectivity index (χ1) is 8.78. The molecule has 0 spiro atoms. The van der Waals surface area contributed by atoms with E-state index in [9.17, 15) is 0 Å². The number of piperidine rings is 1. The number of aromatic nitrogens is 2. The molecule has 2 heterocycles. The van der Waals surface area contributed by atoms with Crippen molar-refractivity contribution in [3.63, 3.8) is 0 Å². The predicted molar refractivity (Wildman–Crippen MR) is 74.7 cm³/mol. The van der Waals surface area contributed by atoms with Crippen LogP contribution < -0.4 is 5.32 Å². The van der Waals surface area contributed by atoms with Crippen molar-refractivity contribution >= 4 is 0 Å². The van der Waals surface area contributed by atoms with Crippen LogP contribution in [0.2, 0.25) is 0 Å². The summed E-state index contributed by atoms with van der Waals surface area (Å²) < 4.78 is 2.02. The van der Waals surface area contributed by atoms with E-state index in [4.69, 9.17) is 0 Å². The third-order valence-electron chi connectivity index (χ3n) is 3.66. The first kappa shape index (κ1) is 13.6. The Bertz CT molecular complexity index is 339. The van der Waals surface area contributed by atoms with Gasteiger partial charge in [0, 0.05) is 18.8 Å². The molecule has 1 saturated heterocycles. The number of hydrogen-bond donors (Lipinski definition) is 1. The molecule has 0 amide bonds. The molecule has 1 aliphatic heterocycles. The first-order valence-electron chi connectivity index (χ1n) is 7.22. The Balaban J connectivity index is 1.60. The van der Waals surface area contributed by atoms with Crippen molar-refractivity contribution in [2.75, 3.05) is 26.2 Å². The molecule has 0 saturated carbocycles. The lowest BCUT2D eigenvalue weighted by Crippen LogP contribution is -2.43. The van der Waals surface area contributed by atoms with Gasteiger partial charge in [-0.2, -0.15) is 5.10 Å². The van der Waals surface area contributed by atoms with Crippen LogP contribution in [0.15, 0.2) is 12.4 Å². The Hall–Kier alpha value is -0.870. The molecule has 0 radical (unpaired) electrons. The molecule has 2 rings (SSSR count). The van der Waals surface area contributed by atoms with Crippen molar-refractivity contribution in [2.45, 2.75) is 45.7 Å². The number of hydrogen-bond acceptors (Lipinski definition) is 3. The molecule has 1 aliphatic rings. The van der Waals surface area contributed by atoms with E-state index in [0.717, 1.165) is 13.1 Å². The van der Waals surface area contributed by atoms with Gasteiger partial charge in [-0.1, -0.05) is 6.92 Å². The van der Waals surface area contributed by atoms with Gasteiger partial charge >= 0.3 is 0 Å². The molecule has 102 valence electrons. The van der Waals surface area contributed by atoms with Crippen molar-refractivity contribution in [3.8, 4) is 0 Å². The van der Waals surface area contributed by atoms with Gasteiger partial charge in [-0.15, -0.1) is 0 Å². The molecule has 1 aromatic rings. The van der Waals surface area contributed by atoms with Crippen LogP contribution in [0.1, 0.15) is 31.7 Å². The summed E-state index contributed by atoms with van der Waals surface area (Å²) in [6.45, 7) is 10.1. The second kappa shape index (κ2) is 6.90. The standard InChI is InChI=1S/C14H26N4/c1-3-7-17-8-4-14(5-9-17)15-6-10-18-12-13(2)11-16-18/h11-12,14-15H,3-10H2,1-2H3. The van der Waals surface area contributed by atoms with Gasteiger partial charge in [0.1, 0.15) is 0 Å². The van der Waals surface area contributed by atoms with Crippen molar-refractivity contribution in [1.82, 2.24) is 20.0 Å². The summed E-state index contributed by atoms with van der Waals surface area (Å²) in [5, 5.41) is 7.96. The van der Waals surface area contributed by atoms with E-state index in [1.54, 1.807) is 0 Å². The Kier molecular flexibility index (Phi) is 5.20. The van der Waals surface area contributed by atoms with E-state index < -0.39 is 0 Å². The highest BCUT2D eigenvalue weighted by molar-refractivity contribution is 4.99. The lowest BCUT2D eigenvalue weighted by Gasteiger charge is -2.32. The lowest BCUT2D eigenvalue weighted by molar-refractivity contribution is 0.197. The number of nitrogens with one attached hydrogen (secondary N) is 1. The van der Waals surface area contributed by atoms with Crippen LogP contribution in [0.4, 0.5) is 0 Å². The fraction of sp³-hybridized carbons (Fsp3) is 0.786. The monoisotopic (exact) mass is 250 g/mol. The molecule has 1 aromatic heterocycles. The van der Waals surface area contributed by atoms with Gasteiger partial charge < -0.3 is 10.2 Å². The molecular formula is C14H26N4. The van der Waals surface area contributed by atoms with Gasteiger partial charge in [-0.25, -0.2) is 0 Å². The maximum atomic E-state index is 4.30. The van der Waals surface area contributed by atoms with Crippen LogP contribution in [0.25, 0.3) is 0 Å². The summed E-state index contributed by atoms with van der Waals surface area (Å²) in [7, 11) is 0. The third kappa shape index (κ3) is 4.10. The highest BCUT2D eigenvalue weighted by atomic mass is 15.3. The average molecular weight is 250 g/mol. The summed E-state index contributed by atoms with van der Waals surface area (Å²) >= 11 is 0. The zero-order chi connectivity index (χ0) is 12.8. The van der Waals surface area contributed by atoms with Gasteiger partial charge in [0.25, 0.3) is 0 Å². The van der Waals surface area contributed by atoms with Crippen molar-refractivity contribution in [2.24, 2.45) is 0 Å². The van der Waals surface area contributed by atoms with Gasteiger partial charge in [-0.3, -0.25) is 4.68 Å². The van der Waals surface area contributed by atoms with Crippen LogP contribution in [0.3, 0.4) is 0 Å². The van der Waals surface area contributed by atoms with E-state index >= 15 is 0 Å². The van der Waals surface area contributed by atoms with Crippen molar-refractivity contribution in [1.29, 1.82) is 0 Å². The second-order valence-electron chi connectivity index (χ2n) is 5.35. The second-order valence-corrected chi connectivity index (χ2v) is 5.35. The number of likely N-dealkylation sites (tertiary alicyclic amines) is 1. The van der Waals surface area contributed by atoms with Gasteiger partial charge in [0.05, 0.1) is 12.7 Å². The summed E-state index contributed by atoms with van der Waals surface area (Å²) in [6, 6.07) is 0.703. The molecular weight excluding hydrogens is 224 g/mol. The SMILES string of the molecule is CCCN1CCC(NCCn2cc(C)cn2)CC1. The summed E-state index contributed by atoms with van der Waals surface area (Å²) in [6.07, 6.45) is 7.88. The van der Waals surface area contributed by atoms with Gasteiger partial charge in [-0.05, 0) is 51.4 Å². The average Bonchev–Trinajstić information content (AvgIpc) is 2.78. The van der Waals surface area contributed by atoms with Gasteiger partial charge in [0.15, 0.2) is 0 Å². The van der Waals surface area contributed by atoms with E-state index in [2.05, 4.69) is 35.4 Å². The molecule has 0 atom stereocenters. The highest BCUT2D eigenvalue weighted by Crippen LogP contribution is 2.10. The van der Waals surface area contributed by atoms with Crippen LogP contribution in [0.5, 0.6) is 0 Å². The van der Waals surface area contributed by atoms with Crippen LogP contribution in [-0.4, -0.2) is 46.9 Å². The zero-order valence-electron chi connectivity index (χ0n) is 11.7. The minimum Gasteiger partial charge on any atom is -0.312 e. The topological polar surface area (TPSA) is 33.1 Å². The minimum atomic E-state index is 0.703. The fourth-order valence-electron chi connectivity index (χ4n) is 2.65. The molecule has 4 nitrogen and oxygen atoms in total. The van der Waals surface area contributed by atoms with E-state index in [1.165, 1.54) is 44.5 Å². The van der Waals surface area contributed by atoms with Crippen LogP contribution in [0, 0.1) is 6.92 Å². The number of aryl methyl sites for hydroxylation is 1. The lowest BCUT2D eigenvalue weighted by atomic mass is 10.1. The molecule has 4 heteroatoms. The predicted octanol–water partition coefficient (Wildman–Crippen LogP) is 1.66. The molecule has 1 fully saturated rings. The van der Waals surface area contributed by atoms with Gasteiger partial charge in [0.2, 0.25) is 0 Å². The maximum absolute atomic E-state index is 4.30. The molecule has 1 N–H and O–H groups in total. The fourth-order valence-corrected chi connectivity index (χ4v) is 2.65.